The Kier molecular flexibility index (Phi) is 5.39. The van der Waals surface area contributed by atoms with Crippen molar-refractivity contribution in [3.05, 3.63) is 72.1 Å². The summed E-state index contributed by atoms with van der Waals surface area (Å²) < 4.78 is 7.71. The summed E-state index contributed by atoms with van der Waals surface area (Å²) in [5.41, 5.74) is 9.22. The maximum Gasteiger partial charge on any atom is 0.227 e. The number of nitrogens with two attached hydrogens (primary N) is 1. The normalized spacial score (nSPS) is 15.5. The van der Waals surface area contributed by atoms with E-state index >= 15 is 0 Å². The van der Waals surface area contributed by atoms with E-state index in [2.05, 4.69) is 32.9 Å². The number of rotatable bonds is 5. The van der Waals surface area contributed by atoms with E-state index in [1.807, 2.05) is 36.4 Å². The second kappa shape index (κ2) is 7.97. The summed E-state index contributed by atoms with van der Waals surface area (Å²) >= 11 is 0. The molecule has 150 valence electrons. The smallest absolute Gasteiger partial charge is 0.227 e. The van der Waals surface area contributed by atoms with Crippen LogP contribution >= 0.6 is 12.4 Å². The minimum absolute atomic E-state index is 0. The van der Waals surface area contributed by atoms with E-state index in [0.29, 0.717) is 24.6 Å². The SMILES string of the molecule is Cl.NC1(c2noc(CCc3nc4ccccc4n3-c3ccccc3)n2)CCCC1. The van der Waals surface area contributed by atoms with Crippen LogP contribution in [0.3, 0.4) is 0 Å². The molecule has 2 N–H and O–H groups in total. The molecule has 1 fully saturated rings. The van der Waals surface area contributed by atoms with Crippen molar-refractivity contribution >= 4 is 23.4 Å². The first-order valence-corrected chi connectivity index (χ1v) is 9.87. The van der Waals surface area contributed by atoms with Gasteiger partial charge in [-0.1, -0.05) is 48.3 Å². The van der Waals surface area contributed by atoms with Crippen molar-refractivity contribution in [2.24, 2.45) is 5.73 Å². The van der Waals surface area contributed by atoms with Crippen molar-refractivity contribution in [1.82, 2.24) is 19.7 Å². The highest BCUT2D eigenvalue weighted by atomic mass is 35.5. The predicted octanol–water partition coefficient (Wildman–Crippen LogP) is 4.34. The van der Waals surface area contributed by atoms with Crippen LogP contribution in [0.2, 0.25) is 0 Å². The van der Waals surface area contributed by atoms with Gasteiger partial charge in [0.25, 0.3) is 0 Å². The van der Waals surface area contributed by atoms with Crippen molar-refractivity contribution in [2.45, 2.75) is 44.1 Å². The van der Waals surface area contributed by atoms with Crippen molar-refractivity contribution in [1.29, 1.82) is 0 Å². The Hall–Kier alpha value is -2.70. The highest BCUT2D eigenvalue weighted by Gasteiger charge is 2.35. The van der Waals surface area contributed by atoms with Crippen LogP contribution in [0.15, 0.2) is 59.1 Å². The first kappa shape index (κ1) is 19.6. The number of halogens is 1. The Bertz CT molecular complexity index is 1100. The van der Waals surface area contributed by atoms with Crippen molar-refractivity contribution in [2.75, 3.05) is 0 Å². The Balaban J connectivity index is 0.00000205. The van der Waals surface area contributed by atoms with Crippen LogP contribution in [0.1, 0.15) is 43.2 Å². The minimum atomic E-state index is -0.418. The molecule has 1 aliphatic rings. The van der Waals surface area contributed by atoms with Crippen molar-refractivity contribution in [3.8, 4) is 5.69 Å². The van der Waals surface area contributed by atoms with Crippen LogP contribution in [-0.4, -0.2) is 19.7 Å². The highest BCUT2D eigenvalue weighted by Crippen LogP contribution is 2.34. The molecule has 0 spiro atoms. The van der Waals surface area contributed by atoms with Crippen molar-refractivity contribution in [3.63, 3.8) is 0 Å². The molecule has 2 aromatic heterocycles. The van der Waals surface area contributed by atoms with Crippen molar-refractivity contribution < 1.29 is 4.52 Å². The zero-order valence-electron chi connectivity index (χ0n) is 16.1. The molecule has 4 aromatic rings. The molecule has 2 aromatic carbocycles. The molecule has 0 radical (unpaired) electrons. The number of benzene rings is 2. The molecule has 0 aliphatic heterocycles. The molecular weight excluding hydrogens is 386 g/mol. The molecule has 7 heteroatoms. The number of para-hydroxylation sites is 3. The Morgan fingerprint density at radius 2 is 1.66 bits per heavy atom. The summed E-state index contributed by atoms with van der Waals surface area (Å²) in [6.07, 6.45) is 5.45. The number of imidazole rings is 1. The van der Waals surface area contributed by atoms with Gasteiger partial charge in [0.05, 0.1) is 16.6 Å². The molecule has 29 heavy (non-hydrogen) atoms. The summed E-state index contributed by atoms with van der Waals surface area (Å²) in [4.78, 5) is 9.45. The largest absolute Gasteiger partial charge is 0.339 e. The Morgan fingerprint density at radius 1 is 0.931 bits per heavy atom. The molecule has 0 unspecified atom stereocenters. The molecule has 2 heterocycles. The fourth-order valence-electron chi connectivity index (χ4n) is 4.12. The summed E-state index contributed by atoms with van der Waals surface area (Å²) in [6.45, 7) is 0. The van der Waals surface area contributed by atoms with Gasteiger partial charge < -0.3 is 10.3 Å². The third kappa shape index (κ3) is 3.66. The van der Waals surface area contributed by atoms with Crippen LogP contribution < -0.4 is 5.73 Å². The maximum atomic E-state index is 6.45. The number of hydrogen-bond acceptors (Lipinski definition) is 5. The standard InChI is InChI=1S/C22H23N5O.ClH/c23-22(14-6-7-15-22)21-25-20(28-26-21)13-12-19-24-17-10-4-5-11-18(17)27(19)16-8-2-1-3-9-16;/h1-5,8-11H,6-7,12-15,23H2;1H. The molecule has 0 atom stereocenters. The van der Waals surface area contributed by atoms with Gasteiger partial charge in [-0.3, -0.25) is 4.57 Å². The first-order chi connectivity index (χ1) is 13.7. The topological polar surface area (TPSA) is 82.8 Å². The van der Waals surface area contributed by atoms with E-state index in [1.54, 1.807) is 0 Å². The van der Waals surface area contributed by atoms with Gasteiger partial charge in [-0.25, -0.2) is 4.98 Å². The number of aryl methyl sites for hydroxylation is 2. The molecule has 1 saturated carbocycles. The molecule has 6 nitrogen and oxygen atoms in total. The van der Waals surface area contributed by atoms with E-state index in [9.17, 15) is 0 Å². The number of nitrogens with zero attached hydrogens (tertiary/aromatic N) is 4. The van der Waals surface area contributed by atoms with E-state index in [4.69, 9.17) is 15.2 Å². The number of fused-ring (bicyclic) bond motifs is 1. The second-order valence-electron chi connectivity index (χ2n) is 7.56. The van der Waals surface area contributed by atoms with Gasteiger partial charge in [-0.15, -0.1) is 12.4 Å². The minimum Gasteiger partial charge on any atom is -0.339 e. The molecule has 1 aliphatic carbocycles. The van der Waals surface area contributed by atoms with E-state index in [1.165, 1.54) is 0 Å². The van der Waals surface area contributed by atoms with E-state index in [-0.39, 0.29) is 12.4 Å². The van der Waals surface area contributed by atoms with Gasteiger partial charge in [-0.2, -0.15) is 4.98 Å². The van der Waals surface area contributed by atoms with Crippen LogP contribution in [0.5, 0.6) is 0 Å². The average Bonchev–Trinajstić information content (AvgIpc) is 3.45. The van der Waals surface area contributed by atoms with Gasteiger partial charge in [0.2, 0.25) is 5.89 Å². The average molecular weight is 410 g/mol. The number of hydrogen-bond donors (Lipinski definition) is 1. The lowest BCUT2D eigenvalue weighted by Crippen LogP contribution is -2.34. The van der Waals surface area contributed by atoms with Gasteiger partial charge >= 0.3 is 0 Å². The fourth-order valence-corrected chi connectivity index (χ4v) is 4.12. The molecule has 0 saturated heterocycles. The van der Waals surface area contributed by atoms with Gasteiger partial charge in [-0.05, 0) is 37.1 Å². The van der Waals surface area contributed by atoms with Crippen LogP contribution in [-0.2, 0) is 18.4 Å². The van der Waals surface area contributed by atoms with Gasteiger partial charge in [0.1, 0.15) is 5.82 Å². The highest BCUT2D eigenvalue weighted by molar-refractivity contribution is 5.85. The quantitative estimate of drug-likeness (QED) is 0.530. The summed E-state index contributed by atoms with van der Waals surface area (Å²) in [5, 5.41) is 4.17. The zero-order chi connectivity index (χ0) is 19.0. The lowest BCUT2D eigenvalue weighted by molar-refractivity contribution is 0.348. The van der Waals surface area contributed by atoms with Gasteiger partial charge in [0.15, 0.2) is 5.82 Å². The lowest BCUT2D eigenvalue weighted by atomic mass is 9.99. The maximum absolute atomic E-state index is 6.45. The lowest BCUT2D eigenvalue weighted by Gasteiger charge is -2.17. The summed E-state index contributed by atoms with van der Waals surface area (Å²) in [6, 6.07) is 18.5. The summed E-state index contributed by atoms with van der Waals surface area (Å²) in [5.74, 6) is 2.26. The Labute approximate surface area is 175 Å². The van der Waals surface area contributed by atoms with E-state index < -0.39 is 5.54 Å². The van der Waals surface area contributed by atoms with Crippen LogP contribution in [0, 0.1) is 0 Å². The zero-order valence-corrected chi connectivity index (χ0v) is 16.9. The second-order valence-corrected chi connectivity index (χ2v) is 7.56. The Morgan fingerprint density at radius 3 is 2.45 bits per heavy atom. The van der Waals surface area contributed by atoms with Gasteiger partial charge in [0, 0.05) is 18.5 Å². The monoisotopic (exact) mass is 409 g/mol. The van der Waals surface area contributed by atoms with E-state index in [0.717, 1.165) is 48.2 Å². The van der Waals surface area contributed by atoms with Crippen LogP contribution in [0.4, 0.5) is 0 Å². The van der Waals surface area contributed by atoms with Crippen LogP contribution in [0.25, 0.3) is 16.7 Å². The fraction of sp³-hybridized carbons (Fsp3) is 0.318. The third-order valence-corrected chi connectivity index (χ3v) is 5.62. The predicted molar refractivity (Wildman–Crippen MR) is 114 cm³/mol. The summed E-state index contributed by atoms with van der Waals surface area (Å²) in [7, 11) is 0. The number of aromatic nitrogens is 4. The molecular formula is C22H24ClN5O. The third-order valence-electron chi connectivity index (χ3n) is 5.62. The molecule has 0 bridgehead atoms. The molecule has 0 amide bonds. The first-order valence-electron chi connectivity index (χ1n) is 9.87. The molecule has 5 rings (SSSR count).